The van der Waals surface area contributed by atoms with Crippen molar-refractivity contribution in [2.24, 2.45) is 0 Å². The molecule has 3 aromatic carbocycles. The third kappa shape index (κ3) is 4.19. The van der Waals surface area contributed by atoms with Gasteiger partial charge in [-0.15, -0.1) is 0 Å². The van der Waals surface area contributed by atoms with Gasteiger partial charge in [-0.2, -0.15) is 0 Å². The van der Waals surface area contributed by atoms with Crippen molar-refractivity contribution in [1.29, 1.82) is 0 Å². The van der Waals surface area contributed by atoms with Crippen molar-refractivity contribution >= 4 is 19.4 Å². The van der Waals surface area contributed by atoms with Gasteiger partial charge >= 0.3 is 18.9 Å². The van der Waals surface area contributed by atoms with Crippen LogP contribution in [-0.2, 0) is 0 Å². The number of benzene rings is 3. The largest absolute Gasteiger partial charge is 1.00 e. The number of aryl methyl sites for hydroxylation is 2. The molecule has 128 valence electrons. The monoisotopic (exact) mass is 354 g/mol. The van der Waals surface area contributed by atoms with Crippen LogP contribution in [0.1, 0.15) is 34.0 Å². The van der Waals surface area contributed by atoms with Crippen LogP contribution in [0.4, 0.5) is 0 Å². The molecule has 3 heteroatoms. The molecule has 0 saturated heterocycles. The topological polar surface area (TPSA) is 17.1 Å². The second-order valence-corrected chi connectivity index (χ2v) is 7.74. The first-order valence-corrected chi connectivity index (χ1v) is 9.52. The SMILES string of the molecule is Cc1cc(C)c(C(=O)Pc2ccccc2-c2ccccc2)c(C)c1C.[H-].[Li+]. The van der Waals surface area contributed by atoms with Gasteiger partial charge in [0.1, 0.15) is 0 Å². The second-order valence-electron chi connectivity index (χ2n) is 6.50. The van der Waals surface area contributed by atoms with Crippen molar-refractivity contribution in [3.05, 3.63) is 88.5 Å². The molecule has 0 fully saturated rings. The summed E-state index contributed by atoms with van der Waals surface area (Å²) in [6, 6.07) is 20.6. The molecular weight excluding hydrogens is 330 g/mol. The summed E-state index contributed by atoms with van der Waals surface area (Å²) >= 11 is 0. The van der Waals surface area contributed by atoms with Gasteiger partial charge in [-0.05, 0) is 75.0 Å². The first-order valence-electron chi connectivity index (χ1n) is 8.52. The minimum Gasteiger partial charge on any atom is -1.00 e. The summed E-state index contributed by atoms with van der Waals surface area (Å²) in [6.07, 6.45) is 0. The average Bonchev–Trinajstić information content (AvgIpc) is 2.61. The minimum absolute atomic E-state index is 0. The zero-order valence-electron chi connectivity index (χ0n) is 17.2. The number of hydrogen-bond acceptors (Lipinski definition) is 1. The molecule has 26 heavy (non-hydrogen) atoms. The summed E-state index contributed by atoms with van der Waals surface area (Å²) in [5.41, 5.74) is 8.09. The Kier molecular flexibility index (Phi) is 7.02. The van der Waals surface area contributed by atoms with Crippen LogP contribution in [0.15, 0.2) is 60.7 Å². The van der Waals surface area contributed by atoms with Crippen molar-refractivity contribution in [3.8, 4) is 11.1 Å². The fourth-order valence-electron chi connectivity index (χ4n) is 3.28. The summed E-state index contributed by atoms with van der Waals surface area (Å²) in [6.45, 7) is 8.31. The van der Waals surface area contributed by atoms with Gasteiger partial charge in [-0.1, -0.05) is 60.7 Å². The zero-order chi connectivity index (χ0) is 18.0. The molecule has 1 atom stereocenters. The Morgan fingerprint density at radius 3 is 2.12 bits per heavy atom. The van der Waals surface area contributed by atoms with E-state index >= 15 is 0 Å². The van der Waals surface area contributed by atoms with Gasteiger partial charge in [0.05, 0.1) is 0 Å². The Morgan fingerprint density at radius 1 is 0.808 bits per heavy atom. The smallest absolute Gasteiger partial charge is 1.00 e. The van der Waals surface area contributed by atoms with Gasteiger partial charge in [0.15, 0.2) is 5.52 Å². The molecule has 0 bridgehead atoms. The van der Waals surface area contributed by atoms with Gasteiger partial charge in [0.2, 0.25) is 0 Å². The fourth-order valence-corrected chi connectivity index (χ4v) is 4.58. The van der Waals surface area contributed by atoms with Crippen molar-refractivity contribution in [3.63, 3.8) is 0 Å². The van der Waals surface area contributed by atoms with E-state index in [0.717, 1.165) is 33.1 Å². The first-order chi connectivity index (χ1) is 12.0. The zero-order valence-corrected chi connectivity index (χ0v) is 17.2. The maximum absolute atomic E-state index is 13.1. The predicted molar refractivity (Wildman–Crippen MR) is 111 cm³/mol. The third-order valence-corrected chi connectivity index (χ3v) is 6.03. The van der Waals surface area contributed by atoms with Crippen LogP contribution >= 0.6 is 8.58 Å². The molecule has 0 saturated carbocycles. The van der Waals surface area contributed by atoms with E-state index in [0.29, 0.717) is 0 Å². The molecule has 1 nitrogen and oxygen atoms in total. The number of carbonyl (C=O) groups is 1. The van der Waals surface area contributed by atoms with E-state index in [1.165, 1.54) is 11.1 Å². The molecule has 0 aliphatic carbocycles. The molecule has 0 heterocycles. The van der Waals surface area contributed by atoms with E-state index in [2.05, 4.69) is 51.1 Å². The van der Waals surface area contributed by atoms with Crippen molar-refractivity contribution in [2.75, 3.05) is 0 Å². The van der Waals surface area contributed by atoms with Crippen LogP contribution in [0.3, 0.4) is 0 Å². The molecule has 1 unspecified atom stereocenters. The van der Waals surface area contributed by atoms with E-state index in [1.807, 2.05) is 37.3 Å². The standard InChI is InChI=1S/C23H23OP.Li.H/c1-15-14-16(2)22(18(4)17(15)3)23(24)25-21-13-9-8-12-20(21)19-10-6-5-7-11-19;;/h5-14,25H,1-4H3;;/q;+1;-1. The van der Waals surface area contributed by atoms with Crippen LogP contribution < -0.4 is 24.2 Å². The van der Waals surface area contributed by atoms with E-state index in [-0.39, 0.29) is 34.4 Å². The molecule has 0 radical (unpaired) electrons. The summed E-state index contributed by atoms with van der Waals surface area (Å²) in [5.74, 6) is 0. The molecule has 3 aromatic rings. The van der Waals surface area contributed by atoms with Crippen LogP contribution in [0.25, 0.3) is 11.1 Å². The second kappa shape index (κ2) is 8.83. The maximum atomic E-state index is 13.1. The molecule has 0 aliphatic rings. The molecule has 0 N–H and O–H groups in total. The molecule has 0 spiro atoms. The van der Waals surface area contributed by atoms with E-state index < -0.39 is 0 Å². The molecular formula is C23H24LiOP. The molecule has 0 aliphatic heterocycles. The normalized spacial score (nSPS) is 10.8. The van der Waals surface area contributed by atoms with Gasteiger partial charge in [-0.3, -0.25) is 4.79 Å². The van der Waals surface area contributed by atoms with Crippen LogP contribution in [0.2, 0.25) is 0 Å². The third-order valence-electron chi connectivity index (χ3n) is 4.84. The van der Waals surface area contributed by atoms with Crippen LogP contribution in [0.5, 0.6) is 0 Å². The Labute approximate surface area is 171 Å². The van der Waals surface area contributed by atoms with E-state index in [4.69, 9.17) is 0 Å². The van der Waals surface area contributed by atoms with E-state index in [1.54, 1.807) is 0 Å². The van der Waals surface area contributed by atoms with E-state index in [9.17, 15) is 4.79 Å². The molecule has 3 rings (SSSR count). The summed E-state index contributed by atoms with van der Waals surface area (Å²) < 4.78 is 0. The predicted octanol–water partition coefficient (Wildman–Crippen LogP) is 2.85. The van der Waals surface area contributed by atoms with Crippen molar-refractivity contribution in [1.82, 2.24) is 0 Å². The average molecular weight is 354 g/mol. The quantitative estimate of drug-likeness (QED) is 0.520. The molecule has 0 aromatic heterocycles. The van der Waals surface area contributed by atoms with Crippen LogP contribution in [-0.4, -0.2) is 5.52 Å². The maximum Gasteiger partial charge on any atom is 1.00 e. The van der Waals surface area contributed by atoms with Crippen molar-refractivity contribution < 1.29 is 25.1 Å². The summed E-state index contributed by atoms with van der Waals surface area (Å²) in [5, 5.41) is 1.11. The first kappa shape index (κ1) is 20.7. The van der Waals surface area contributed by atoms with Gasteiger partial charge in [-0.25, -0.2) is 0 Å². The van der Waals surface area contributed by atoms with Gasteiger partial charge in [0, 0.05) is 5.56 Å². The summed E-state index contributed by atoms with van der Waals surface area (Å²) in [7, 11) is 0.127. The Morgan fingerprint density at radius 2 is 1.42 bits per heavy atom. The van der Waals surface area contributed by atoms with Gasteiger partial charge < -0.3 is 1.43 Å². The van der Waals surface area contributed by atoms with Gasteiger partial charge in [0.25, 0.3) is 0 Å². The number of carbonyl (C=O) groups excluding carboxylic acids is 1. The minimum atomic E-state index is 0. The molecule has 0 amide bonds. The Balaban J connectivity index is 0.00000182. The Bertz CT molecular complexity index is 939. The number of rotatable bonds is 4. The van der Waals surface area contributed by atoms with Crippen LogP contribution in [0, 0.1) is 27.7 Å². The Hall–Kier alpha value is -1.64. The fraction of sp³-hybridized carbons (Fsp3) is 0.174. The summed E-state index contributed by atoms with van der Waals surface area (Å²) in [4.78, 5) is 13.1. The van der Waals surface area contributed by atoms with Crippen molar-refractivity contribution in [2.45, 2.75) is 27.7 Å². The number of hydrogen-bond donors (Lipinski definition) is 0.